The minimum atomic E-state index is -0.990. The SMILES string of the molecule is Cc1ccc2ccccc2c1[C@H]1CC(C(=O)O)N(C(=O)OC(C)(C)C)C1. The highest BCUT2D eigenvalue weighted by Crippen LogP contribution is 2.38. The van der Waals surface area contributed by atoms with Crippen molar-refractivity contribution in [3.8, 4) is 0 Å². The Morgan fingerprint density at radius 3 is 2.50 bits per heavy atom. The Labute approximate surface area is 153 Å². The van der Waals surface area contributed by atoms with E-state index in [1.165, 1.54) is 4.90 Å². The summed E-state index contributed by atoms with van der Waals surface area (Å²) in [6.07, 6.45) is -0.172. The maximum absolute atomic E-state index is 12.5. The summed E-state index contributed by atoms with van der Waals surface area (Å²) < 4.78 is 5.43. The highest BCUT2D eigenvalue weighted by Gasteiger charge is 2.42. The van der Waals surface area contributed by atoms with Crippen LogP contribution in [0.25, 0.3) is 10.8 Å². The van der Waals surface area contributed by atoms with E-state index >= 15 is 0 Å². The summed E-state index contributed by atoms with van der Waals surface area (Å²) >= 11 is 0. The second-order valence-electron chi connectivity index (χ2n) is 7.94. The minimum absolute atomic E-state index is 0.0327. The van der Waals surface area contributed by atoms with E-state index in [0.29, 0.717) is 13.0 Å². The minimum Gasteiger partial charge on any atom is -0.480 e. The van der Waals surface area contributed by atoms with Crippen LogP contribution in [0.4, 0.5) is 4.79 Å². The van der Waals surface area contributed by atoms with Crippen molar-refractivity contribution in [2.75, 3.05) is 6.54 Å². The molecular weight excluding hydrogens is 330 g/mol. The average Bonchev–Trinajstić information content (AvgIpc) is 2.98. The summed E-state index contributed by atoms with van der Waals surface area (Å²) in [7, 11) is 0. The fraction of sp³-hybridized carbons (Fsp3) is 0.429. The van der Waals surface area contributed by atoms with Crippen molar-refractivity contribution >= 4 is 22.8 Å². The molecule has 26 heavy (non-hydrogen) atoms. The molecule has 138 valence electrons. The first-order chi connectivity index (χ1) is 12.2. The summed E-state index contributed by atoms with van der Waals surface area (Å²) in [6.45, 7) is 7.73. The fourth-order valence-electron chi connectivity index (χ4n) is 3.75. The van der Waals surface area contributed by atoms with Crippen LogP contribution in [0.2, 0.25) is 0 Å². The van der Waals surface area contributed by atoms with Crippen molar-refractivity contribution in [3.05, 3.63) is 47.5 Å². The third-order valence-corrected chi connectivity index (χ3v) is 4.81. The molecule has 1 N–H and O–H groups in total. The van der Waals surface area contributed by atoms with Gasteiger partial charge in [0.1, 0.15) is 11.6 Å². The van der Waals surface area contributed by atoms with Gasteiger partial charge in [-0.15, -0.1) is 0 Å². The van der Waals surface area contributed by atoms with Crippen molar-refractivity contribution in [2.45, 2.75) is 51.7 Å². The lowest BCUT2D eigenvalue weighted by atomic mass is 9.88. The van der Waals surface area contributed by atoms with E-state index in [-0.39, 0.29) is 5.92 Å². The van der Waals surface area contributed by atoms with Crippen LogP contribution in [0.3, 0.4) is 0 Å². The maximum Gasteiger partial charge on any atom is 0.411 e. The molecule has 1 saturated heterocycles. The number of aliphatic carboxylic acids is 1. The fourth-order valence-corrected chi connectivity index (χ4v) is 3.75. The summed E-state index contributed by atoms with van der Waals surface area (Å²) in [6, 6.07) is 11.3. The number of rotatable bonds is 2. The van der Waals surface area contributed by atoms with Gasteiger partial charge >= 0.3 is 12.1 Å². The van der Waals surface area contributed by atoms with E-state index < -0.39 is 23.7 Å². The van der Waals surface area contributed by atoms with Gasteiger partial charge in [-0.3, -0.25) is 4.90 Å². The van der Waals surface area contributed by atoms with Crippen LogP contribution in [-0.4, -0.2) is 40.3 Å². The number of carbonyl (C=O) groups excluding carboxylic acids is 1. The first-order valence-corrected chi connectivity index (χ1v) is 8.88. The number of hydrogen-bond acceptors (Lipinski definition) is 3. The van der Waals surface area contributed by atoms with Crippen molar-refractivity contribution in [1.29, 1.82) is 0 Å². The molecule has 0 saturated carbocycles. The van der Waals surface area contributed by atoms with Crippen LogP contribution in [0.1, 0.15) is 44.2 Å². The van der Waals surface area contributed by atoms with Gasteiger partial charge in [0.05, 0.1) is 0 Å². The van der Waals surface area contributed by atoms with Crippen LogP contribution < -0.4 is 0 Å². The first-order valence-electron chi connectivity index (χ1n) is 8.88. The number of benzene rings is 2. The predicted octanol–water partition coefficient (Wildman–Crippen LogP) is 4.33. The van der Waals surface area contributed by atoms with Crippen LogP contribution >= 0.6 is 0 Å². The van der Waals surface area contributed by atoms with Gasteiger partial charge < -0.3 is 9.84 Å². The van der Waals surface area contributed by atoms with Crippen LogP contribution in [0.5, 0.6) is 0 Å². The largest absolute Gasteiger partial charge is 0.480 e. The number of amides is 1. The number of nitrogens with zero attached hydrogens (tertiary/aromatic N) is 1. The molecule has 1 fully saturated rings. The van der Waals surface area contributed by atoms with Crippen LogP contribution in [0.15, 0.2) is 36.4 Å². The lowest BCUT2D eigenvalue weighted by Gasteiger charge is -2.27. The summed E-state index contributed by atoms with van der Waals surface area (Å²) in [5.41, 5.74) is 1.58. The third-order valence-electron chi connectivity index (χ3n) is 4.81. The smallest absolute Gasteiger partial charge is 0.411 e. The average molecular weight is 355 g/mol. The number of aryl methyl sites for hydroxylation is 1. The molecule has 1 unspecified atom stereocenters. The van der Waals surface area contributed by atoms with E-state index in [9.17, 15) is 14.7 Å². The van der Waals surface area contributed by atoms with Gasteiger partial charge in [0, 0.05) is 12.5 Å². The van der Waals surface area contributed by atoms with E-state index in [1.807, 2.05) is 25.1 Å². The number of carboxylic acid groups (broad SMARTS) is 1. The van der Waals surface area contributed by atoms with E-state index in [4.69, 9.17) is 4.74 Å². The topological polar surface area (TPSA) is 66.8 Å². The van der Waals surface area contributed by atoms with E-state index in [1.54, 1.807) is 20.8 Å². The Kier molecular flexibility index (Phi) is 4.65. The molecule has 1 heterocycles. The lowest BCUT2D eigenvalue weighted by Crippen LogP contribution is -2.43. The van der Waals surface area contributed by atoms with Gasteiger partial charge in [0.2, 0.25) is 0 Å². The van der Waals surface area contributed by atoms with Gasteiger partial charge in [-0.05, 0) is 56.0 Å². The first kappa shape index (κ1) is 18.2. The number of carboxylic acids is 1. The summed E-state index contributed by atoms with van der Waals surface area (Å²) in [5, 5.41) is 11.9. The number of hydrogen-bond donors (Lipinski definition) is 1. The van der Waals surface area contributed by atoms with Gasteiger partial charge in [0.25, 0.3) is 0 Å². The number of carbonyl (C=O) groups is 2. The zero-order chi connectivity index (χ0) is 19.1. The Morgan fingerprint density at radius 1 is 1.15 bits per heavy atom. The monoisotopic (exact) mass is 355 g/mol. The van der Waals surface area contributed by atoms with Crippen molar-refractivity contribution in [1.82, 2.24) is 4.90 Å². The van der Waals surface area contributed by atoms with Gasteiger partial charge in [-0.25, -0.2) is 9.59 Å². The third kappa shape index (κ3) is 3.52. The molecule has 2 aromatic rings. The predicted molar refractivity (Wildman–Crippen MR) is 100 cm³/mol. The maximum atomic E-state index is 12.5. The van der Waals surface area contributed by atoms with Crippen LogP contribution in [-0.2, 0) is 9.53 Å². The number of fused-ring (bicyclic) bond motifs is 1. The normalized spacial score (nSPS) is 20.4. The molecule has 1 aliphatic heterocycles. The van der Waals surface area contributed by atoms with Gasteiger partial charge in [0.15, 0.2) is 0 Å². The molecule has 0 spiro atoms. The zero-order valence-corrected chi connectivity index (χ0v) is 15.7. The molecule has 1 aliphatic rings. The molecule has 2 aromatic carbocycles. The Morgan fingerprint density at radius 2 is 1.85 bits per heavy atom. The quantitative estimate of drug-likeness (QED) is 0.871. The molecular formula is C21H25NO4. The molecule has 1 amide bonds. The van der Waals surface area contributed by atoms with Crippen molar-refractivity contribution in [2.24, 2.45) is 0 Å². The standard InChI is InChI=1S/C21H25NO4/c1-13-9-10-14-7-5-6-8-16(14)18(13)15-11-17(19(23)24)22(12-15)20(25)26-21(2,3)4/h5-10,15,17H,11-12H2,1-4H3,(H,23,24)/t15-,17?/m0/s1. The van der Waals surface area contributed by atoms with Crippen LogP contribution in [0, 0.1) is 6.92 Å². The van der Waals surface area contributed by atoms with Crippen molar-refractivity contribution < 1.29 is 19.4 Å². The Bertz CT molecular complexity index is 853. The Hall–Kier alpha value is -2.56. The summed E-state index contributed by atoms with van der Waals surface area (Å²) in [4.78, 5) is 25.7. The lowest BCUT2D eigenvalue weighted by molar-refractivity contribution is -0.142. The summed E-state index contributed by atoms with van der Waals surface area (Å²) in [5.74, 6) is -1.02. The van der Waals surface area contributed by atoms with Gasteiger partial charge in [-0.2, -0.15) is 0 Å². The zero-order valence-electron chi connectivity index (χ0n) is 15.7. The second-order valence-corrected chi connectivity index (χ2v) is 7.94. The molecule has 0 aromatic heterocycles. The highest BCUT2D eigenvalue weighted by molar-refractivity contribution is 5.88. The highest BCUT2D eigenvalue weighted by atomic mass is 16.6. The van der Waals surface area contributed by atoms with Gasteiger partial charge in [-0.1, -0.05) is 36.4 Å². The Balaban J connectivity index is 1.97. The molecule has 0 radical (unpaired) electrons. The molecule has 3 rings (SSSR count). The van der Waals surface area contributed by atoms with Crippen molar-refractivity contribution in [3.63, 3.8) is 0 Å². The molecule has 2 atom stereocenters. The van der Waals surface area contributed by atoms with E-state index in [0.717, 1.165) is 21.9 Å². The number of likely N-dealkylation sites (tertiary alicyclic amines) is 1. The molecule has 5 heteroatoms. The number of ether oxygens (including phenoxy) is 1. The second kappa shape index (κ2) is 6.63. The molecule has 5 nitrogen and oxygen atoms in total. The molecule has 0 bridgehead atoms. The molecule has 0 aliphatic carbocycles. The van der Waals surface area contributed by atoms with E-state index in [2.05, 4.69) is 18.2 Å².